The van der Waals surface area contributed by atoms with E-state index in [4.69, 9.17) is 9.05 Å². The zero-order chi connectivity index (χ0) is 16.6. The van der Waals surface area contributed by atoms with Gasteiger partial charge in [0.1, 0.15) is 0 Å². The third-order valence-corrected chi connectivity index (χ3v) is 6.80. The monoisotopic (exact) mass is 356 g/mol. The van der Waals surface area contributed by atoms with E-state index in [-0.39, 0.29) is 5.41 Å². The molecule has 0 unspecified atom stereocenters. The Morgan fingerprint density at radius 2 is 1.62 bits per heavy atom. The minimum absolute atomic E-state index is 0.122. The quantitative estimate of drug-likeness (QED) is 0.608. The first-order valence-electron chi connectivity index (χ1n) is 8.21. The van der Waals surface area contributed by atoms with Crippen molar-refractivity contribution in [2.24, 2.45) is 5.41 Å². The van der Waals surface area contributed by atoms with Crippen LogP contribution in [0.15, 0.2) is 58.3 Å². The maximum absolute atomic E-state index is 6.03. The summed E-state index contributed by atoms with van der Waals surface area (Å²) in [6.07, 6.45) is 3.15. The number of allylic oxidation sites excluding steroid dienone is 1. The topological polar surface area (TPSA) is 18.5 Å². The molecule has 2 aromatic carbocycles. The second-order valence-corrected chi connectivity index (χ2v) is 9.59. The summed E-state index contributed by atoms with van der Waals surface area (Å²) in [5.41, 5.74) is 4.02. The number of rotatable bonds is 2. The Hall–Kier alpha value is -1.12. The molecule has 2 aromatic rings. The van der Waals surface area contributed by atoms with Gasteiger partial charge in [-0.15, -0.1) is 0 Å². The van der Waals surface area contributed by atoms with Crippen LogP contribution in [0.3, 0.4) is 0 Å². The molecule has 1 fully saturated rings. The van der Waals surface area contributed by atoms with Crippen LogP contribution in [0.2, 0.25) is 0 Å². The van der Waals surface area contributed by atoms with Gasteiger partial charge in [0.15, 0.2) is 8.38 Å². The molecule has 124 valence electrons. The first kappa shape index (κ1) is 16.4. The average Bonchev–Trinajstić information content (AvgIpc) is 2.73. The summed E-state index contributed by atoms with van der Waals surface area (Å²) in [6.45, 7) is 5.93. The molecule has 0 radical (unpaired) electrons. The van der Waals surface area contributed by atoms with E-state index in [0.29, 0.717) is 0 Å². The number of hydrogen-bond acceptors (Lipinski definition) is 3. The Bertz CT molecular complexity index is 775. The van der Waals surface area contributed by atoms with Gasteiger partial charge in [-0.3, -0.25) is 0 Å². The molecule has 24 heavy (non-hydrogen) atoms. The van der Waals surface area contributed by atoms with Crippen LogP contribution < -0.4 is 0 Å². The minimum Gasteiger partial charge on any atom is -0.333 e. The SMILES string of the molecule is CC1(C)COP(CC2=Cc3ccccc3Sc3ccccc32)OC1. The molecule has 2 aliphatic heterocycles. The lowest BCUT2D eigenvalue weighted by Gasteiger charge is -2.34. The second-order valence-electron chi connectivity index (χ2n) is 7.01. The van der Waals surface area contributed by atoms with Crippen LogP contribution in [-0.2, 0) is 9.05 Å². The van der Waals surface area contributed by atoms with Gasteiger partial charge in [-0.1, -0.05) is 62.0 Å². The summed E-state index contributed by atoms with van der Waals surface area (Å²) in [7, 11) is -0.856. The molecule has 4 heteroatoms. The van der Waals surface area contributed by atoms with E-state index in [9.17, 15) is 0 Å². The van der Waals surface area contributed by atoms with Crippen molar-refractivity contribution in [1.82, 2.24) is 0 Å². The van der Waals surface area contributed by atoms with E-state index in [1.165, 1.54) is 26.5 Å². The van der Waals surface area contributed by atoms with Gasteiger partial charge in [0, 0.05) is 21.4 Å². The third kappa shape index (κ3) is 3.45. The fourth-order valence-electron chi connectivity index (χ4n) is 2.83. The smallest absolute Gasteiger partial charge is 0.175 e. The molecule has 0 atom stereocenters. The predicted molar refractivity (Wildman–Crippen MR) is 102 cm³/mol. The highest BCUT2D eigenvalue weighted by atomic mass is 32.2. The van der Waals surface area contributed by atoms with Crippen molar-refractivity contribution in [3.05, 3.63) is 59.7 Å². The van der Waals surface area contributed by atoms with E-state index < -0.39 is 8.38 Å². The summed E-state index contributed by atoms with van der Waals surface area (Å²) in [5, 5.41) is 0. The summed E-state index contributed by atoms with van der Waals surface area (Å²) >= 11 is 1.84. The second kappa shape index (κ2) is 6.65. The zero-order valence-corrected chi connectivity index (χ0v) is 15.7. The van der Waals surface area contributed by atoms with Crippen LogP contribution in [0.25, 0.3) is 11.6 Å². The van der Waals surface area contributed by atoms with Crippen LogP contribution in [0.4, 0.5) is 0 Å². The van der Waals surface area contributed by atoms with Gasteiger partial charge < -0.3 is 9.05 Å². The van der Waals surface area contributed by atoms with E-state index in [1.54, 1.807) is 0 Å². The fourth-order valence-corrected chi connectivity index (χ4v) is 5.70. The molecule has 0 aromatic heterocycles. The molecule has 1 saturated heterocycles. The van der Waals surface area contributed by atoms with Crippen LogP contribution in [0.1, 0.15) is 25.0 Å². The van der Waals surface area contributed by atoms with Gasteiger partial charge in [0.2, 0.25) is 0 Å². The molecule has 2 heterocycles. The largest absolute Gasteiger partial charge is 0.333 e. The highest BCUT2D eigenvalue weighted by Crippen LogP contribution is 2.50. The van der Waals surface area contributed by atoms with Crippen molar-refractivity contribution in [3.63, 3.8) is 0 Å². The highest BCUT2D eigenvalue weighted by molar-refractivity contribution is 7.99. The molecule has 0 N–H and O–H groups in total. The van der Waals surface area contributed by atoms with E-state index >= 15 is 0 Å². The van der Waals surface area contributed by atoms with Crippen LogP contribution >= 0.6 is 20.1 Å². The lowest BCUT2D eigenvalue weighted by Crippen LogP contribution is -2.28. The lowest BCUT2D eigenvalue weighted by molar-refractivity contribution is 0.0627. The Balaban J connectivity index is 1.66. The average molecular weight is 356 g/mol. The minimum atomic E-state index is -0.856. The van der Waals surface area contributed by atoms with Crippen molar-refractivity contribution >= 4 is 31.8 Å². The zero-order valence-electron chi connectivity index (χ0n) is 14.0. The summed E-state index contributed by atoms with van der Waals surface area (Å²) in [4.78, 5) is 2.61. The van der Waals surface area contributed by atoms with E-state index in [0.717, 1.165) is 19.4 Å². The van der Waals surface area contributed by atoms with Crippen molar-refractivity contribution in [2.45, 2.75) is 23.6 Å². The summed E-state index contributed by atoms with van der Waals surface area (Å²) in [5.74, 6) is 0. The van der Waals surface area contributed by atoms with Gasteiger partial charge in [0.25, 0.3) is 0 Å². The Kier molecular flexibility index (Phi) is 4.53. The maximum atomic E-state index is 6.03. The number of fused-ring (bicyclic) bond motifs is 2. The van der Waals surface area contributed by atoms with Crippen LogP contribution in [0.5, 0.6) is 0 Å². The summed E-state index contributed by atoms with van der Waals surface area (Å²) < 4.78 is 12.1. The lowest BCUT2D eigenvalue weighted by atomic mass is 9.97. The van der Waals surface area contributed by atoms with Crippen molar-refractivity contribution in [3.8, 4) is 0 Å². The van der Waals surface area contributed by atoms with Gasteiger partial charge in [-0.2, -0.15) is 0 Å². The highest BCUT2D eigenvalue weighted by Gasteiger charge is 2.30. The van der Waals surface area contributed by atoms with Crippen LogP contribution in [-0.4, -0.2) is 19.4 Å². The maximum Gasteiger partial charge on any atom is 0.175 e. The van der Waals surface area contributed by atoms with E-state index in [2.05, 4.69) is 68.5 Å². The van der Waals surface area contributed by atoms with E-state index in [1.807, 2.05) is 11.8 Å². The standard InChI is InChI=1S/C20H21O2PS/c1-20(2)13-21-23(22-14-20)12-16-11-15-7-3-5-9-18(15)24-19-10-6-4-8-17(16)19/h3-11H,12-14H2,1-2H3. The normalized spacial score (nSPS) is 19.8. The molecule has 4 rings (SSSR count). The van der Waals surface area contributed by atoms with Gasteiger partial charge in [0.05, 0.1) is 13.2 Å². The molecular formula is C20H21O2PS. The van der Waals surface area contributed by atoms with Gasteiger partial charge in [-0.25, -0.2) is 0 Å². The predicted octanol–water partition coefficient (Wildman–Crippen LogP) is 6.08. The van der Waals surface area contributed by atoms with Gasteiger partial charge >= 0.3 is 0 Å². The summed E-state index contributed by atoms with van der Waals surface area (Å²) in [6, 6.07) is 17.2. The first-order chi connectivity index (χ1) is 11.6. The molecule has 0 aliphatic carbocycles. The van der Waals surface area contributed by atoms with Crippen molar-refractivity contribution < 1.29 is 9.05 Å². The van der Waals surface area contributed by atoms with Crippen molar-refractivity contribution in [1.29, 1.82) is 0 Å². The first-order valence-corrected chi connectivity index (χ1v) is 10.4. The molecule has 2 nitrogen and oxygen atoms in total. The molecule has 0 amide bonds. The molecule has 2 aliphatic rings. The van der Waals surface area contributed by atoms with Gasteiger partial charge in [-0.05, 0) is 34.9 Å². The Labute approximate surface area is 149 Å². The number of benzene rings is 2. The molecule has 0 spiro atoms. The Morgan fingerprint density at radius 1 is 0.958 bits per heavy atom. The van der Waals surface area contributed by atoms with Crippen LogP contribution in [0, 0.1) is 5.41 Å². The third-order valence-electron chi connectivity index (χ3n) is 4.20. The molecule has 0 bridgehead atoms. The number of hydrogen-bond donors (Lipinski definition) is 0. The Morgan fingerprint density at radius 3 is 2.42 bits per heavy atom. The molecular weight excluding hydrogens is 335 g/mol. The molecule has 0 saturated carbocycles. The van der Waals surface area contributed by atoms with Crippen molar-refractivity contribution in [2.75, 3.05) is 19.4 Å². The fraction of sp³-hybridized carbons (Fsp3) is 0.300.